The van der Waals surface area contributed by atoms with Crippen LogP contribution in [-0.4, -0.2) is 63.8 Å². The number of methoxy groups -OCH3 is 1. The maximum Gasteiger partial charge on any atom is 0.161 e. The molecular weight excluding hydrogens is 384 g/mol. The largest absolute Gasteiger partial charge is 0.493 e. The van der Waals surface area contributed by atoms with Gasteiger partial charge in [-0.1, -0.05) is 19.8 Å². The second-order valence-electron chi connectivity index (χ2n) is 7.87. The molecule has 1 saturated heterocycles. The Kier molecular flexibility index (Phi) is 7.39. The van der Waals surface area contributed by atoms with E-state index < -0.39 is 0 Å². The highest BCUT2D eigenvalue weighted by Crippen LogP contribution is 2.43. The van der Waals surface area contributed by atoms with Gasteiger partial charge in [-0.2, -0.15) is 0 Å². The molecule has 0 atom stereocenters. The zero-order valence-corrected chi connectivity index (χ0v) is 18.8. The van der Waals surface area contributed by atoms with Crippen molar-refractivity contribution in [1.82, 2.24) is 10.2 Å². The minimum atomic E-state index is -0.0326. The molecule has 0 aliphatic carbocycles. The van der Waals surface area contributed by atoms with Crippen LogP contribution in [0.5, 0.6) is 11.5 Å². The van der Waals surface area contributed by atoms with Gasteiger partial charge in [-0.25, -0.2) is 0 Å². The van der Waals surface area contributed by atoms with Crippen LogP contribution in [0.1, 0.15) is 31.9 Å². The highest BCUT2D eigenvalue weighted by Gasteiger charge is 2.32. The van der Waals surface area contributed by atoms with Crippen molar-refractivity contribution < 1.29 is 14.2 Å². The van der Waals surface area contributed by atoms with Gasteiger partial charge >= 0.3 is 0 Å². The van der Waals surface area contributed by atoms with E-state index in [4.69, 9.17) is 20.6 Å². The molecule has 0 aromatic heterocycles. The Labute approximate surface area is 179 Å². The fourth-order valence-corrected chi connectivity index (χ4v) is 4.71. The van der Waals surface area contributed by atoms with Crippen molar-refractivity contribution in [2.75, 3.05) is 58.9 Å². The lowest BCUT2D eigenvalue weighted by molar-refractivity contribution is 0.0410. The molecule has 1 fully saturated rings. The number of hydrogen-bond donors (Lipinski definition) is 1. The van der Waals surface area contributed by atoms with Gasteiger partial charge in [0.1, 0.15) is 0 Å². The van der Waals surface area contributed by atoms with Crippen molar-refractivity contribution in [2.45, 2.75) is 26.2 Å². The third-order valence-corrected chi connectivity index (χ3v) is 6.42. The van der Waals surface area contributed by atoms with Gasteiger partial charge in [0.15, 0.2) is 11.5 Å². The number of morpholine rings is 1. The zero-order chi connectivity index (χ0) is 20.9. The van der Waals surface area contributed by atoms with Gasteiger partial charge in [-0.3, -0.25) is 4.90 Å². The second-order valence-corrected chi connectivity index (χ2v) is 8.98. The van der Waals surface area contributed by atoms with Crippen LogP contribution < -0.4 is 14.8 Å². The van der Waals surface area contributed by atoms with Gasteiger partial charge in [-0.15, -0.1) is 18.2 Å². The monoisotopic (exact) mass is 416 g/mol. The van der Waals surface area contributed by atoms with Crippen LogP contribution in [0.15, 0.2) is 17.0 Å². The second kappa shape index (κ2) is 9.80. The van der Waals surface area contributed by atoms with Crippen LogP contribution in [0.4, 0.5) is 0 Å². The van der Waals surface area contributed by atoms with Crippen LogP contribution in [0.2, 0.25) is 0 Å². The summed E-state index contributed by atoms with van der Waals surface area (Å²) in [6.07, 6.45) is 5.94. The Morgan fingerprint density at radius 1 is 1.31 bits per heavy atom. The summed E-state index contributed by atoms with van der Waals surface area (Å²) in [5, 5.41) is 3.59. The summed E-state index contributed by atoms with van der Waals surface area (Å²) < 4.78 is 16.8. The number of thioether (sulfide) groups is 1. The number of benzene rings is 1. The van der Waals surface area contributed by atoms with E-state index in [0.29, 0.717) is 6.61 Å². The average molecular weight is 417 g/mol. The molecule has 1 aromatic carbocycles. The van der Waals surface area contributed by atoms with E-state index >= 15 is 0 Å². The van der Waals surface area contributed by atoms with Gasteiger partial charge in [0, 0.05) is 42.9 Å². The minimum absolute atomic E-state index is 0.0326. The van der Waals surface area contributed by atoms with Gasteiger partial charge < -0.3 is 19.5 Å². The first-order chi connectivity index (χ1) is 14.0. The summed E-state index contributed by atoms with van der Waals surface area (Å²) in [5.74, 6) is 5.39. The van der Waals surface area contributed by atoms with Crippen molar-refractivity contribution >= 4 is 17.5 Å². The number of rotatable bonds is 7. The minimum Gasteiger partial charge on any atom is -0.493 e. The van der Waals surface area contributed by atoms with Crippen LogP contribution in [0.25, 0.3) is 5.70 Å². The molecule has 1 aromatic rings. The molecule has 1 N–H and O–H groups in total. The number of ether oxygens (including phenoxy) is 3. The van der Waals surface area contributed by atoms with E-state index in [2.05, 4.69) is 42.1 Å². The first-order valence-corrected chi connectivity index (χ1v) is 11.2. The number of allylic oxidation sites excluding steroid dienone is 1. The molecule has 0 bridgehead atoms. The van der Waals surface area contributed by atoms with Gasteiger partial charge in [-0.05, 0) is 24.6 Å². The number of terminal acetylenes is 1. The molecule has 2 heterocycles. The number of nitrogens with one attached hydrogen (secondary N) is 1. The zero-order valence-electron chi connectivity index (χ0n) is 18.0. The third-order valence-electron chi connectivity index (χ3n) is 5.42. The summed E-state index contributed by atoms with van der Waals surface area (Å²) in [5.41, 5.74) is 3.33. The Bertz CT molecular complexity index is 792. The summed E-state index contributed by atoms with van der Waals surface area (Å²) in [6, 6.07) is 4.18. The summed E-state index contributed by atoms with van der Waals surface area (Å²) in [4.78, 5) is 3.37. The lowest BCUT2D eigenvalue weighted by Crippen LogP contribution is -2.38. The number of hydrogen-bond acceptors (Lipinski definition) is 6. The molecule has 5 nitrogen and oxygen atoms in total. The SMILES string of the molecule is C#C/C(SCCN1CCOCC1)=C1/NCC(C)(C)c2cc(OCC)c(OC)cc21. The smallest absolute Gasteiger partial charge is 0.161 e. The molecule has 3 rings (SSSR count). The maximum atomic E-state index is 5.94. The standard InChI is InChI=1S/C23H32N2O3S/c1-6-21(29-13-10-25-8-11-27-12-9-25)22-17-14-19(26-5)20(28-7-2)15-18(17)23(3,4)16-24-22/h1,14-15,24H,7-13,16H2,2-5H3/b22-21-. The van der Waals surface area contributed by atoms with E-state index in [1.807, 2.05) is 6.92 Å². The molecular formula is C23H32N2O3S. The normalized spacial score (nSPS) is 20.2. The highest BCUT2D eigenvalue weighted by atomic mass is 32.2. The van der Waals surface area contributed by atoms with Crippen LogP contribution in [-0.2, 0) is 10.2 Å². The van der Waals surface area contributed by atoms with Crippen molar-refractivity contribution in [3.63, 3.8) is 0 Å². The van der Waals surface area contributed by atoms with E-state index in [-0.39, 0.29) is 5.41 Å². The topological polar surface area (TPSA) is 43.0 Å². The molecule has 0 spiro atoms. The summed E-state index contributed by atoms with van der Waals surface area (Å²) in [6.45, 7) is 12.5. The van der Waals surface area contributed by atoms with Crippen LogP contribution in [0, 0.1) is 12.3 Å². The highest BCUT2D eigenvalue weighted by molar-refractivity contribution is 8.03. The molecule has 6 heteroatoms. The molecule has 0 amide bonds. The first kappa shape index (κ1) is 21.9. The van der Waals surface area contributed by atoms with Crippen molar-refractivity contribution in [3.8, 4) is 23.8 Å². The Morgan fingerprint density at radius 3 is 2.72 bits per heavy atom. The lowest BCUT2D eigenvalue weighted by Gasteiger charge is -2.36. The Morgan fingerprint density at radius 2 is 2.07 bits per heavy atom. The fourth-order valence-electron chi connectivity index (χ4n) is 3.74. The summed E-state index contributed by atoms with van der Waals surface area (Å²) in [7, 11) is 1.67. The molecule has 2 aliphatic rings. The lowest BCUT2D eigenvalue weighted by atomic mass is 9.78. The van der Waals surface area contributed by atoms with Crippen molar-refractivity contribution in [3.05, 3.63) is 28.2 Å². The number of fused-ring (bicyclic) bond motifs is 1. The van der Waals surface area contributed by atoms with Crippen molar-refractivity contribution in [1.29, 1.82) is 0 Å². The van der Waals surface area contributed by atoms with Crippen LogP contribution >= 0.6 is 11.8 Å². The molecule has 0 radical (unpaired) electrons. The predicted octanol–water partition coefficient (Wildman–Crippen LogP) is 3.34. The van der Waals surface area contributed by atoms with E-state index in [0.717, 1.165) is 72.8 Å². The molecule has 29 heavy (non-hydrogen) atoms. The molecule has 158 valence electrons. The Hall–Kier alpha value is -1.81. The first-order valence-electron chi connectivity index (χ1n) is 10.2. The van der Waals surface area contributed by atoms with Gasteiger partial charge in [0.25, 0.3) is 0 Å². The van der Waals surface area contributed by atoms with Gasteiger partial charge in [0.05, 0.1) is 37.5 Å². The predicted molar refractivity (Wildman–Crippen MR) is 121 cm³/mol. The fraction of sp³-hybridized carbons (Fsp3) is 0.565. The third kappa shape index (κ3) is 5.03. The molecule has 0 unspecified atom stereocenters. The van der Waals surface area contributed by atoms with E-state index in [9.17, 15) is 0 Å². The van der Waals surface area contributed by atoms with E-state index in [1.54, 1.807) is 18.9 Å². The van der Waals surface area contributed by atoms with Crippen molar-refractivity contribution in [2.24, 2.45) is 0 Å². The number of nitrogens with zero attached hydrogens (tertiary/aromatic N) is 1. The van der Waals surface area contributed by atoms with Gasteiger partial charge in [0.2, 0.25) is 0 Å². The van der Waals surface area contributed by atoms with Crippen LogP contribution in [0.3, 0.4) is 0 Å². The molecule has 0 saturated carbocycles. The average Bonchev–Trinajstić information content (AvgIpc) is 2.73. The quantitative estimate of drug-likeness (QED) is 0.688. The molecule has 2 aliphatic heterocycles. The summed E-state index contributed by atoms with van der Waals surface area (Å²) >= 11 is 1.74. The Balaban J connectivity index is 1.89. The maximum absolute atomic E-state index is 5.94. The van der Waals surface area contributed by atoms with E-state index in [1.165, 1.54) is 5.56 Å².